The minimum atomic E-state index is -0.800. The number of Topliss-reactive ketones (excluding diaryl/α,β-unsaturated/α-hetero) is 1. The molecule has 0 aromatic heterocycles. The van der Waals surface area contributed by atoms with E-state index in [4.69, 9.17) is 0 Å². The molecule has 2 amide bonds. The van der Waals surface area contributed by atoms with Crippen LogP contribution < -0.4 is 4.90 Å². The number of fused-ring (bicyclic) bond motifs is 1. The van der Waals surface area contributed by atoms with Crippen LogP contribution in [-0.4, -0.2) is 43.1 Å². The number of carbonyl (C=O) groups excluding carboxylic acids is 3. The Labute approximate surface area is 103 Å². The summed E-state index contributed by atoms with van der Waals surface area (Å²) < 4.78 is 13.0. The number of likely N-dealkylation sites (N-methyl/N-ethyl adjacent to an activating group) is 1. The van der Waals surface area contributed by atoms with Crippen LogP contribution in [-0.2, 0) is 9.59 Å². The van der Waals surface area contributed by atoms with Crippen molar-refractivity contribution in [3.63, 3.8) is 0 Å². The Hall–Kier alpha value is -2.24. The summed E-state index contributed by atoms with van der Waals surface area (Å²) in [4.78, 5) is 37.3. The number of carbonyl (C=O) groups is 3. The second-order valence-corrected chi connectivity index (χ2v) is 4.17. The molecule has 0 fully saturated rings. The number of nitrogens with zero attached hydrogens (tertiary/aromatic N) is 2. The lowest BCUT2D eigenvalue weighted by atomic mass is 10.1. The van der Waals surface area contributed by atoms with Crippen molar-refractivity contribution in [2.24, 2.45) is 0 Å². The van der Waals surface area contributed by atoms with Gasteiger partial charge in [0.25, 0.3) is 11.7 Å². The molecule has 94 valence electrons. The Morgan fingerprint density at radius 1 is 1.33 bits per heavy atom. The van der Waals surface area contributed by atoms with Crippen molar-refractivity contribution in [3.8, 4) is 0 Å². The van der Waals surface area contributed by atoms with E-state index in [9.17, 15) is 18.8 Å². The molecule has 0 bridgehead atoms. The van der Waals surface area contributed by atoms with E-state index < -0.39 is 17.5 Å². The summed E-state index contributed by atoms with van der Waals surface area (Å²) in [6.07, 6.45) is 0. The van der Waals surface area contributed by atoms with Gasteiger partial charge in [-0.2, -0.15) is 0 Å². The van der Waals surface area contributed by atoms with Gasteiger partial charge in [0.2, 0.25) is 5.91 Å². The van der Waals surface area contributed by atoms with Gasteiger partial charge in [0.1, 0.15) is 12.4 Å². The van der Waals surface area contributed by atoms with Crippen LogP contribution >= 0.6 is 0 Å². The lowest BCUT2D eigenvalue weighted by molar-refractivity contribution is -0.128. The van der Waals surface area contributed by atoms with Crippen LogP contribution in [0.3, 0.4) is 0 Å². The summed E-state index contributed by atoms with van der Waals surface area (Å²) in [7, 11) is 3.10. The van der Waals surface area contributed by atoms with Gasteiger partial charge in [-0.25, -0.2) is 4.39 Å². The summed E-state index contributed by atoms with van der Waals surface area (Å²) in [5, 5.41) is 0. The van der Waals surface area contributed by atoms with Crippen molar-refractivity contribution < 1.29 is 18.8 Å². The van der Waals surface area contributed by atoms with E-state index in [1.165, 1.54) is 11.0 Å². The van der Waals surface area contributed by atoms with Crippen LogP contribution in [0, 0.1) is 5.82 Å². The quantitative estimate of drug-likeness (QED) is 0.716. The smallest absolute Gasteiger partial charge is 0.299 e. The minimum absolute atomic E-state index is 0.00607. The average Bonchev–Trinajstić information content (AvgIpc) is 2.54. The molecule has 0 aliphatic carbocycles. The molecule has 0 radical (unpaired) electrons. The van der Waals surface area contributed by atoms with E-state index in [0.717, 1.165) is 17.0 Å². The first kappa shape index (κ1) is 12.2. The van der Waals surface area contributed by atoms with Gasteiger partial charge in [-0.05, 0) is 18.2 Å². The highest BCUT2D eigenvalue weighted by molar-refractivity contribution is 6.52. The first-order valence-electron chi connectivity index (χ1n) is 5.27. The zero-order chi connectivity index (χ0) is 13.4. The number of halogens is 1. The van der Waals surface area contributed by atoms with Gasteiger partial charge in [-0.3, -0.25) is 19.3 Å². The number of amides is 2. The molecule has 0 spiro atoms. The molecule has 1 aliphatic rings. The molecule has 0 N–H and O–H groups in total. The molecule has 1 heterocycles. The highest BCUT2D eigenvalue weighted by Gasteiger charge is 2.37. The molecule has 0 saturated heterocycles. The molecule has 1 aliphatic heterocycles. The molecule has 6 heteroatoms. The fraction of sp³-hybridized carbons (Fsp3) is 0.250. The van der Waals surface area contributed by atoms with Gasteiger partial charge in [0.05, 0.1) is 11.3 Å². The van der Waals surface area contributed by atoms with E-state index in [1.54, 1.807) is 14.1 Å². The summed E-state index contributed by atoms with van der Waals surface area (Å²) >= 11 is 0. The Bertz CT molecular complexity index is 554. The van der Waals surface area contributed by atoms with Gasteiger partial charge < -0.3 is 4.90 Å². The van der Waals surface area contributed by atoms with Crippen molar-refractivity contribution >= 4 is 23.3 Å². The Morgan fingerprint density at radius 3 is 2.61 bits per heavy atom. The van der Waals surface area contributed by atoms with Crippen LogP contribution in [0.15, 0.2) is 18.2 Å². The molecule has 0 saturated carbocycles. The number of rotatable bonds is 2. The molecule has 1 aromatic rings. The van der Waals surface area contributed by atoms with Crippen LogP contribution in [0.1, 0.15) is 10.4 Å². The molecule has 2 rings (SSSR count). The first-order chi connectivity index (χ1) is 8.41. The third-order valence-electron chi connectivity index (χ3n) is 2.73. The third kappa shape index (κ3) is 1.85. The maximum atomic E-state index is 13.0. The molecule has 5 nitrogen and oxygen atoms in total. The van der Waals surface area contributed by atoms with Gasteiger partial charge in [-0.1, -0.05) is 0 Å². The minimum Gasteiger partial charge on any atom is -0.347 e. The van der Waals surface area contributed by atoms with Crippen molar-refractivity contribution in [2.75, 3.05) is 25.5 Å². The lowest BCUT2D eigenvalue weighted by Gasteiger charge is -2.18. The van der Waals surface area contributed by atoms with E-state index in [-0.39, 0.29) is 23.7 Å². The largest absolute Gasteiger partial charge is 0.347 e. The molecule has 0 atom stereocenters. The summed E-state index contributed by atoms with van der Waals surface area (Å²) in [5.74, 6) is -2.48. The van der Waals surface area contributed by atoms with Gasteiger partial charge in [-0.15, -0.1) is 0 Å². The third-order valence-corrected chi connectivity index (χ3v) is 2.73. The van der Waals surface area contributed by atoms with Crippen LogP contribution in [0.4, 0.5) is 10.1 Å². The van der Waals surface area contributed by atoms with Crippen molar-refractivity contribution in [1.82, 2.24) is 4.90 Å². The number of benzene rings is 1. The highest BCUT2D eigenvalue weighted by atomic mass is 19.1. The van der Waals surface area contributed by atoms with Gasteiger partial charge in [0, 0.05) is 14.1 Å². The van der Waals surface area contributed by atoms with Crippen molar-refractivity contribution in [3.05, 3.63) is 29.6 Å². The van der Waals surface area contributed by atoms with E-state index in [0.29, 0.717) is 0 Å². The number of hydrogen-bond acceptors (Lipinski definition) is 3. The summed E-state index contributed by atoms with van der Waals surface area (Å²) in [5.41, 5.74) is 0.285. The number of ketones is 1. The lowest BCUT2D eigenvalue weighted by Crippen LogP contribution is -2.39. The Balaban J connectivity index is 2.37. The molecular weight excluding hydrogens is 239 g/mol. The fourth-order valence-electron chi connectivity index (χ4n) is 1.71. The first-order valence-corrected chi connectivity index (χ1v) is 5.27. The Kier molecular flexibility index (Phi) is 2.86. The fourth-order valence-corrected chi connectivity index (χ4v) is 1.71. The standard InChI is InChI=1S/C12H11FN2O3/c1-14(2)10(16)6-15-9-4-3-7(13)5-8(9)11(17)12(15)18/h3-5H,6H2,1-2H3. The SMILES string of the molecule is CN(C)C(=O)CN1C(=O)C(=O)c2cc(F)ccc21. The van der Waals surface area contributed by atoms with Gasteiger partial charge in [0.15, 0.2) is 0 Å². The zero-order valence-electron chi connectivity index (χ0n) is 9.94. The topological polar surface area (TPSA) is 57.7 Å². The Morgan fingerprint density at radius 2 is 2.00 bits per heavy atom. The van der Waals surface area contributed by atoms with Gasteiger partial charge >= 0.3 is 0 Å². The van der Waals surface area contributed by atoms with Crippen LogP contribution in [0.5, 0.6) is 0 Å². The number of anilines is 1. The summed E-state index contributed by atoms with van der Waals surface area (Å²) in [6.45, 7) is -0.226. The molecular formula is C12H11FN2O3. The zero-order valence-corrected chi connectivity index (χ0v) is 9.94. The monoisotopic (exact) mass is 250 g/mol. The average molecular weight is 250 g/mol. The molecule has 1 aromatic carbocycles. The maximum Gasteiger partial charge on any atom is 0.299 e. The highest BCUT2D eigenvalue weighted by Crippen LogP contribution is 2.29. The second-order valence-electron chi connectivity index (χ2n) is 4.17. The van der Waals surface area contributed by atoms with E-state index >= 15 is 0 Å². The molecule has 18 heavy (non-hydrogen) atoms. The van der Waals surface area contributed by atoms with E-state index in [1.807, 2.05) is 0 Å². The predicted molar refractivity (Wildman–Crippen MR) is 61.8 cm³/mol. The number of hydrogen-bond donors (Lipinski definition) is 0. The predicted octanol–water partition coefficient (Wildman–Crippen LogP) is 0.443. The van der Waals surface area contributed by atoms with Crippen molar-refractivity contribution in [2.45, 2.75) is 0 Å². The second kappa shape index (κ2) is 4.21. The summed E-state index contributed by atoms with van der Waals surface area (Å²) in [6, 6.07) is 3.49. The maximum absolute atomic E-state index is 13.0. The van der Waals surface area contributed by atoms with Crippen molar-refractivity contribution in [1.29, 1.82) is 0 Å². The molecule has 0 unspecified atom stereocenters. The normalized spacial score (nSPS) is 13.8. The van der Waals surface area contributed by atoms with Crippen LogP contribution in [0.2, 0.25) is 0 Å². The van der Waals surface area contributed by atoms with Crippen LogP contribution in [0.25, 0.3) is 0 Å². The van der Waals surface area contributed by atoms with E-state index in [2.05, 4.69) is 0 Å².